The third kappa shape index (κ3) is 16.2. The van der Waals surface area contributed by atoms with Gasteiger partial charge in [-0.3, -0.25) is 0 Å². The molecule has 0 spiro atoms. The summed E-state index contributed by atoms with van der Waals surface area (Å²) < 4.78 is 78.1. The van der Waals surface area contributed by atoms with Gasteiger partial charge in [0.1, 0.15) is 49.3 Å². The topological polar surface area (TPSA) is 102 Å². The molecular weight excluding hydrogens is 993 g/mol. The standard InChI is InChI=1S/C68H70O11/c1-9-25-52(26-10-1)41-69-49-60-62(72-44-55-31-15-4-16-32-55)64(74-46-57-35-19-6-20-36-57)65(75-47-58-37-21-7-22-38-58)67(77-60)79-68(51-71-43-54-29-13-3-14-30-54)66(76-48-59-39-23-8-24-40-59)63(73-45-56-33-17-5-18-34-56)61(78-68)50-70-42-53-27-11-2-12-28-53/h1-40,60-67H,41-51H2/t60-,61-,62-,63-,64+,65-,66+,67?,68?/m1/s1. The van der Waals surface area contributed by atoms with Gasteiger partial charge in [0.25, 0.3) is 0 Å². The Morgan fingerprint density at radius 1 is 0.291 bits per heavy atom. The third-order valence-electron chi connectivity index (χ3n) is 14.0. The van der Waals surface area contributed by atoms with Crippen molar-refractivity contribution in [3.63, 3.8) is 0 Å². The molecule has 2 aliphatic heterocycles. The molecule has 2 heterocycles. The lowest BCUT2D eigenvalue weighted by atomic mass is 9.97. The van der Waals surface area contributed by atoms with Crippen molar-refractivity contribution in [1.82, 2.24) is 0 Å². The summed E-state index contributed by atoms with van der Waals surface area (Å²) >= 11 is 0. The minimum Gasteiger partial charge on any atom is -0.374 e. The van der Waals surface area contributed by atoms with Crippen LogP contribution >= 0.6 is 0 Å². The fourth-order valence-corrected chi connectivity index (χ4v) is 9.94. The van der Waals surface area contributed by atoms with Gasteiger partial charge in [0, 0.05) is 0 Å². The van der Waals surface area contributed by atoms with Crippen molar-refractivity contribution in [1.29, 1.82) is 0 Å². The smallest absolute Gasteiger partial charge is 0.224 e. The van der Waals surface area contributed by atoms with Crippen LogP contribution in [0, 0.1) is 0 Å². The minimum atomic E-state index is -1.72. The van der Waals surface area contributed by atoms with Crippen molar-refractivity contribution in [3.8, 4) is 0 Å². The van der Waals surface area contributed by atoms with Crippen LogP contribution in [0.25, 0.3) is 0 Å². The molecule has 0 aliphatic carbocycles. The number of rotatable bonds is 29. The van der Waals surface area contributed by atoms with Gasteiger partial charge < -0.3 is 52.1 Å². The quantitative estimate of drug-likeness (QED) is 0.0448. The molecule has 0 bridgehead atoms. The van der Waals surface area contributed by atoms with Gasteiger partial charge in [-0.05, 0) is 44.5 Å². The highest BCUT2D eigenvalue weighted by Crippen LogP contribution is 2.42. The monoisotopic (exact) mass is 1060 g/mol. The first kappa shape index (κ1) is 55.6. The van der Waals surface area contributed by atoms with Gasteiger partial charge in [-0.1, -0.05) is 243 Å². The van der Waals surface area contributed by atoms with Crippen LogP contribution in [0.5, 0.6) is 0 Å². The second-order valence-corrected chi connectivity index (χ2v) is 19.9. The maximum atomic E-state index is 7.70. The summed E-state index contributed by atoms with van der Waals surface area (Å²) in [5.74, 6) is -1.72. The Kier molecular flexibility index (Phi) is 20.8. The van der Waals surface area contributed by atoms with Crippen LogP contribution in [0.4, 0.5) is 0 Å². The van der Waals surface area contributed by atoms with Crippen LogP contribution in [-0.2, 0) is 105 Å². The molecule has 2 fully saturated rings. The van der Waals surface area contributed by atoms with Gasteiger partial charge in [0.05, 0.1) is 66.1 Å². The predicted molar refractivity (Wildman–Crippen MR) is 301 cm³/mol. The Labute approximate surface area is 464 Å². The third-order valence-corrected chi connectivity index (χ3v) is 14.0. The van der Waals surface area contributed by atoms with E-state index in [0.717, 1.165) is 44.5 Å². The number of benzene rings is 8. The van der Waals surface area contributed by atoms with Crippen LogP contribution in [0.2, 0.25) is 0 Å². The summed E-state index contributed by atoms with van der Waals surface area (Å²) in [4.78, 5) is 0. The average Bonchev–Trinajstić information content (AvgIpc) is 4.06. The van der Waals surface area contributed by atoms with Crippen molar-refractivity contribution < 1.29 is 52.1 Å². The zero-order chi connectivity index (χ0) is 53.6. The van der Waals surface area contributed by atoms with E-state index in [-0.39, 0.29) is 59.5 Å². The highest BCUT2D eigenvalue weighted by Gasteiger charge is 2.62. The average molecular weight is 1060 g/mol. The van der Waals surface area contributed by atoms with Crippen molar-refractivity contribution in [2.45, 2.75) is 108 Å². The zero-order valence-corrected chi connectivity index (χ0v) is 44.5. The summed E-state index contributed by atoms with van der Waals surface area (Å²) in [7, 11) is 0. The molecule has 11 nitrogen and oxygen atoms in total. The Bertz CT molecular complexity index is 2910. The SMILES string of the molecule is c1ccc(COC[C@H]2OC(COCc3ccccc3)(OC3O[C@H](COCc4ccccc4)[C@@H](OCc4ccccc4)[C@H](OCc4ccccc4)[C@H]3OCc3ccccc3)[C@@H](OCc3ccccc3)[C@@H]2OCc2ccccc2)cc1. The van der Waals surface area contributed by atoms with E-state index in [1.54, 1.807) is 0 Å². The Morgan fingerprint density at radius 2 is 0.595 bits per heavy atom. The molecule has 0 aromatic heterocycles. The second kappa shape index (κ2) is 29.5. The van der Waals surface area contributed by atoms with E-state index in [2.05, 4.69) is 0 Å². The second-order valence-electron chi connectivity index (χ2n) is 19.9. The molecular formula is C68H70O11. The number of hydrogen-bond donors (Lipinski definition) is 0. The van der Waals surface area contributed by atoms with E-state index in [1.165, 1.54) is 0 Å². The van der Waals surface area contributed by atoms with Gasteiger partial charge in [-0.15, -0.1) is 0 Å². The Morgan fingerprint density at radius 3 is 0.987 bits per heavy atom. The van der Waals surface area contributed by atoms with Gasteiger partial charge in [-0.25, -0.2) is 0 Å². The maximum absolute atomic E-state index is 7.70. The summed E-state index contributed by atoms with van der Waals surface area (Å²) in [5, 5.41) is 0. The van der Waals surface area contributed by atoms with E-state index in [0.29, 0.717) is 13.2 Å². The lowest BCUT2D eigenvalue weighted by molar-refractivity contribution is -0.398. The molecule has 8 aromatic carbocycles. The van der Waals surface area contributed by atoms with Crippen molar-refractivity contribution in [3.05, 3.63) is 287 Å². The maximum Gasteiger partial charge on any atom is 0.224 e. The van der Waals surface area contributed by atoms with E-state index in [9.17, 15) is 0 Å². The van der Waals surface area contributed by atoms with Crippen LogP contribution < -0.4 is 0 Å². The van der Waals surface area contributed by atoms with Crippen LogP contribution in [-0.4, -0.2) is 74.6 Å². The van der Waals surface area contributed by atoms with E-state index >= 15 is 0 Å². The molecule has 0 N–H and O–H groups in total. The lowest BCUT2D eigenvalue weighted by Crippen LogP contribution is -2.64. The molecule has 2 aliphatic rings. The van der Waals surface area contributed by atoms with Gasteiger partial charge >= 0.3 is 0 Å². The molecule has 79 heavy (non-hydrogen) atoms. The van der Waals surface area contributed by atoms with Crippen LogP contribution in [0.3, 0.4) is 0 Å². The molecule has 0 radical (unpaired) electrons. The molecule has 408 valence electrons. The van der Waals surface area contributed by atoms with Crippen molar-refractivity contribution >= 4 is 0 Å². The first-order chi connectivity index (χ1) is 39.1. The van der Waals surface area contributed by atoms with Crippen LogP contribution in [0.1, 0.15) is 44.5 Å². The molecule has 0 saturated carbocycles. The highest BCUT2D eigenvalue weighted by atomic mass is 16.8. The largest absolute Gasteiger partial charge is 0.374 e. The van der Waals surface area contributed by atoms with Crippen molar-refractivity contribution in [2.75, 3.05) is 19.8 Å². The summed E-state index contributed by atoms with van der Waals surface area (Å²) in [6.07, 6.45) is -6.80. The lowest BCUT2D eigenvalue weighted by Gasteiger charge is -2.48. The summed E-state index contributed by atoms with van der Waals surface area (Å²) in [6, 6.07) is 80.5. The van der Waals surface area contributed by atoms with Crippen molar-refractivity contribution in [2.24, 2.45) is 0 Å². The molecule has 9 atom stereocenters. The fourth-order valence-electron chi connectivity index (χ4n) is 9.94. The van der Waals surface area contributed by atoms with Gasteiger partial charge in [0.2, 0.25) is 5.79 Å². The van der Waals surface area contributed by atoms with E-state index < -0.39 is 54.8 Å². The van der Waals surface area contributed by atoms with E-state index in [1.807, 2.05) is 243 Å². The Hall–Kier alpha value is -6.68. The molecule has 2 unspecified atom stereocenters. The van der Waals surface area contributed by atoms with E-state index in [4.69, 9.17) is 52.1 Å². The molecule has 0 amide bonds. The summed E-state index contributed by atoms with van der Waals surface area (Å²) in [6.45, 7) is 2.26. The first-order valence-corrected chi connectivity index (χ1v) is 27.3. The molecule has 8 aromatic rings. The predicted octanol–water partition coefficient (Wildman–Crippen LogP) is 12.4. The molecule has 11 heteroatoms. The zero-order valence-electron chi connectivity index (χ0n) is 44.5. The van der Waals surface area contributed by atoms with Gasteiger partial charge in [0.15, 0.2) is 6.29 Å². The normalized spacial score (nSPS) is 22.9. The first-order valence-electron chi connectivity index (χ1n) is 27.3. The van der Waals surface area contributed by atoms with Gasteiger partial charge in [-0.2, -0.15) is 0 Å². The highest BCUT2D eigenvalue weighted by molar-refractivity contribution is 5.20. The molecule has 2 saturated heterocycles. The fraction of sp³-hybridized carbons (Fsp3) is 0.294. The summed E-state index contributed by atoms with van der Waals surface area (Å²) in [5.41, 5.74) is 7.86. The number of ether oxygens (including phenoxy) is 11. The number of hydrogen-bond acceptors (Lipinski definition) is 11. The molecule has 10 rings (SSSR count). The van der Waals surface area contributed by atoms with Crippen LogP contribution in [0.15, 0.2) is 243 Å². The Balaban J connectivity index is 1.07. The minimum absolute atomic E-state index is 0.106.